The van der Waals surface area contributed by atoms with Crippen LogP contribution in [0.4, 0.5) is 0 Å². The lowest BCUT2D eigenvalue weighted by Gasteiger charge is -2.29. The maximum atomic E-state index is 9.13. The molecule has 9 heavy (non-hydrogen) atoms. The molecule has 0 aromatic rings. The van der Waals surface area contributed by atoms with Gasteiger partial charge in [0.05, 0.1) is 6.73 Å². The van der Waals surface area contributed by atoms with Crippen molar-refractivity contribution in [2.24, 2.45) is 0 Å². The molecule has 1 saturated heterocycles. The highest BCUT2D eigenvalue weighted by molar-refractivity contribution is 4.64. The molecule has 1 aliphatic heterocycles. The second-order valence-corrected chi connectivity index (χ2v) is 2.43. The lowest BCUT2D eigenvalue weighted by molar-refractivity contribution is -0.0669. The summed E-state index contributed by atoms with van der Waals surface area (Å²) >= 11 is 0. The summed E-state index contributed by atoms with van der Waals surface area (Å²) in [6.45, 7) is 0.818. The van der Waals surface area contributed by atoms with Crippen LogP contribution in [0.3, 0.4) is 0 Å². The van der Waals surface area contributed by atoms with Crippen LogP contribution in [0, 0.1) is 0 Å². The largest absolute Gasteiger partial charge is 0.381 e. The van der Waals surface area contributed by atoms with Crippen molar-refractivity contribution in [3.8, 4) is 0 Å². The molecule has 1 fully saturated rings. The van der Waals surface area contributed by atoms with E-state index in [-0.39, 0.29) is 6.73 Å². The topological polar surface area (TPSA) is 43.7 Å². The zero-order valence-electron chi connectivity index (χ0n) is 5.45. The number of hydrogen-bond donors (Lipinski definition) is 2. The second-order valence-electron chi connectivity index (χ2n) is 2.43. The van der Waals surface area contributed by atoms with Crippen molar-refractivity contribution >= 4 is 0 Å². The van der Waals surface area contributed by atoms with Gasteiger partial charge in [0.2, 0.25) is 0 Å². The Hall–Kier alpha value is -0.120. The van der Waals surface area contributed by atoms with Crippen molar-refractivity contribution in [2.75, 3.05) is 13.3 Å². The molecule has 0 amide bonds. The van der Waals surface area contributed by atoms with E-state index in [2.05, 4.69) is 0 Å². The van der Waals surface area contributed by atoms with Gasteiger partial charge in [-0.05, 0) is 19.3 Å². The van der Waals surface area contributed by atoms with E-state index in [0.717, 1.165) is 25.8 Å². The molecule has 0 aliphatic carbocycles. The molecule has 0 radical (unpaired) electrons. The van der Waals surface area contributed by atoms with E-state index in [4.69, 9.17) is 10.2 Å². The van der Waals surface area contributed by atoms with Crippen molar-refractivity contribution in [3.63, 3.8) is 0 Å². The number of rotatable bonds is 1. The predicted octanol–water partition coefficient (Wildman–Crippen LogP) is -0.259. The number of aliphatic hydroxyl groups is 2. The highest BCUT2D eigenvalue weighted by Gasteiger charge is 2.17. The third-order valence-corrected chi connectivity index (χ3v) is 1.76. The van der Waals surface area contributed by atoms with Gasteiger partial charge in [0.15, 0.2) is 0 Å². The summed E-state index contributed by atoms with van der Waals surface area (Å²) in [6.07, 6.45) is 2.58. The quantitative estimate of drug-likeness (QED) is 0.515. The van der Waals surface area contributed by atoms with Crippen LogP contribution >= 0.6 is 0 Å². The van der Waals surface area contributed by atoms with Crippen LogP contribution < -0.4 is 0 Å². The van der Waals surface area contributed by atoms with Crippen molar-refractivity contribution in [3.05, 3.63) is 0 Å². The molecule has 1 aliphatic rings. The molecule has 3 nitrogen and oxygen atoms in total. The van der Waals surface area contributed by atoms with Gasteiger partial charge in [0.1, 0.15) is 6.23 Å². The smallest absolute Gasteiger partial charge is 0.109 e. The van der Waals surface area contributed by atoms with Crippen LogP contribution in [0.15, 0.2) is 0 Å². The average Bonchev–Trinajstić information content (AvgIpc) is 1.89. The molecular formula is C6H13NO2. The average molecular weight is 131 g/mol. The Bertz CT molecular complexity index is 87.1. The van der Waals surface area contributed by atoms with E-state index in [1.807, 2.05) is 0 Å². The van der Waals surface area contributed by atoms with E-state index >= 15 is 0 Å². The number of aliphatic hydroxyl groups excluding tert-OH is 2. The number of hydrogen-bond acceptors (Lipinski definition) is 3. The van der Waals surface area contributed by atoms with Crippen LogP contribution in [0.2, 0.25) is 0 Å². The summed E-state index contributed by atoms with van der Waals surface area (Å²) in [4.78, 5) is 1.67. The Morgan fingerprint density at radius 3 is 2.67 bits per heavy atom. The normalized spacial score (nSPS) is 30.7. The number of piperidine rings is 1. The van der Waals surface area contributed by atoms with E-state index in [1.165, 1.54) is 0 Å². The van der Waals surface area contributed by atoms with Crippen LogP contribution in [-0.4, -0.2) is 34.6 Å². The fourth-order valence-electron chi connectivity index (χ4n) is 1.14. The minimum Gasteiger partial charge on any atom is -0.381 e. The van der Waals surface area contributed by atoms with Crippen LogP contribution in [-0.2, 0) is 0 Å². The first-order valence-corrected chi connectivity index (χ1v) is 3.37. The highest BCUT2D eigenvalue weighted by Crippen LogP contribution is 2.12. The molecule has 1 atom stereocenters. The zero-order chi connectivity index (χ0) is 6.69. The van der Waals surface area contributed by atoms with Crippen molar-refractivity contribution < 1.29 is 10.2 Å². The summed E-state index contributed by atoms with van der Waals surface area (Å²) in [5.74, 6) is 0. The van der Waals surface area contributed by atoms with Crippen molar-refractivity contribution in [1.29, 1.82) is 0 Å². The molecule has 0 aromatic heterocycles. The SMILES string of the molecule is OCN1CCCCC1O. The minimum atomic E-state index is -0.399. The lowest BCUT2D eigenvalue weighted by atomic mass is 10.1. The number of nitrogens with zero attached hydrogens (tertiary/aromatic N) is 1. The molecule has 2 N–H and O–H groups in total. The Morgan fingerprint density at radius 1 is 1.44 bits per heavy atom. The molecule has 1 rings (SSSR count). The van der Waals surface area contributed by atoms with Gasteiger partial charge in [-0.2, -0.15) is 0 Å². The standard InChI is InChI=1S/C6H13NO2/c8-5-7-4-2-1-3-6(7)9/h6,8-9H,1-5H2. The summed E-state index contributed by atoms with van der Waals surface area (Å²) in [5, 5.41) is 17.8. The van der Waals surface area contributed by atoms with Crippen LogP contribution in [0.25, 0.3) is 0 Å². The molecule has 1 heterocycles. The predicted molar refractivity (Wildman–Crippen MR) is 33.6 cm³/mol. The molecule has 0 aromatic carbocycles. The first kappa shape index (κ1) is 6.99. The van der Waals surface area contributed by atoms with Gasteiger partial charge < -0.3 is 10.2 Å². The fraction of sp³-hybridized carbons (Fsp3) is 1.00. The first-order valence-electron chi connectivity index (χ1n) is 3.37. The van der Waals surface area contributed by atoms with Crippen molar-refractivity contribution in [2.45, 2.75) is 25.5 Å². The molecule has 0 spiro atoms. The third kappa shape index (κ3) is 1.64. The third-order valence-electron chi connectivity index (χ3n) is 1.76. The lowest BCUT2D eigenvalue weighted by Crippen LogP contribution is -2.39. The minimum absolute atomic E-state index is 0.0127. The van der Waals surface area contributed by atoms with Crippen LogP contribution in [0.5, 0.6) is 0 Å². The van der Waals surface area contributed by atoms with Gasteiger partial charge in [-0.3, -0.25) is 4.90 Å². The molecule has 1 unspecified atom stereocenters. The van der Waals surface area contributed by atoms with Crippen molar-refractivity contribution in [1.82, 2.24) is 4.90 Å². The Morgan fingerprint density at radius 2 is 2.22 bits per heavy atom. The highest BCUT2D eigenvalue weighted by atomic mass is 16.3. The van der Waals surface area contributed by atoms with E-state index in [1.54, 1.807) is 4.90 Å². The molecule has 0 saturated carbocycles. The van der Waals surface area contributed by atoms with Gasteiger partial charge in [0.25, 0.3) is 0 Å². The Kier molecular flexibility index (Phi) is 2.45. The van der Waals surface area contributed by atoms with Crippen LogP contribution in [0.1, 0.15) is 19.3 Å². The maximum absolute atomic E-state index is 9.13. The Labute approximate surface area is 54.9 Å². The summed E-state index contributed by atoms with van der Waals surface area (Å²) in [6, 6.07) is 0. The monoisotopic (exact) mass is 131 g/mol. The fourth-order valence-corrected chi connectivity index (χ4v) is 1.14. The molecular weight excluding hydrogens is 118 g/mol. The molecule has 0 bridgehead atoms. The van der Waals surface area contributed by atoms with E-state index < -0.39 is 6.23 Å². The number of likely N-dealkylation sites (tertiary alicyclic amines) is 1. The van der Waals surface area contributed by atoms with E-state index in [9.17, 15) is 0 Å². The zero-order valence-corrected chi connectivity index (χ0v) is 5.45. The van der Waals surface area contributed by atoms with Gasteiger partial charge in [-0.1, -0.05) is 0 Å². The second kappa shape index (κ2) is 3.15. The Balaban J connectivity index is 2.30. The molecule has 54 valence electrons. The van der Waals surface area contributed by atoms with Gasteiger partial charge >= 0.3 is 0 Å². The van der Waals surface area contributed by atoms with Gasteiger partial charge in [0, 0.05) is 6.54 Å². The summed E-state index contributed by atoms with van der Waals surface area (Å²) < 4.78 is 0. The first-order chi connectivity index (χ1) is 4.34. The van der Waals surface area contributed by atoms with Gasteiger partial charge in [-0.25, -0.2) is 0 Å². The summed E-state index contributed by atoms with van der Waals surface area (Å²) in [5.41, 5.74) is 0. The maximum Gasteiger partial charge on any atom is 0.109 e. The molecule has 3 heteroatoms. The van der Waals surface area contributed by atoms with Gasteiger partial charge in [-0.15, -0.1) is 0 Å². The van der Waals surface area contributed by atoms with E-state index in [0.29, 0.717) is 0 Å². The summed E-state index contributed by atoms with van der Waals surface area (Å²) in [7, 11) is 0.